The first kappa shape index (κ1) is 19.9. The van der Waals surface area contributed by atoms with Gasteiger partial charge in [0, 0.05) is 52.6 Å². The van der Waals surface area contributed by atoms with E-state index in [9.17, 15) is 0 Å². The molecule has 27 heavy (non-hydrogen) atoms. The van der Waals surface area contributed by atoms with Gasteiger partial charge in [0.25, 0.3) is 0 Å². The molecule has 1 aliphatic carbocycles. The van der Waals surface area contributed by atoms with Crippen molar-refractivity contribution in [3.8, 4) is 0 Å². The number of aliphatic imine (C=N–C) groups is 1. The minimum atomic E-state index is 0.727. The van der Waals surface area contributed by atoms with Gasteiger partial charge in [-0.25, -0.2) is 4.98 Å². The quantitative estimate of drug-likeness (QED) is 0.396. The van der Waals surface area contributed by atoms with E-state index in [0.29, 0.717) is 0 Å². The first-order valence-electron chi connectivity index (χ1n) is 10.6. The van der Waals surface area contributed by atoms with Crippen LogP contribution in [0.5, 0.6) is 0 Å². The summed E-state index contributed by atoms with van der Waals surface area (Å²) in [6.07, 6.45) is 10.9. The van der Waals surface area contributed by atoms with Crippen LogP contribution in [-0.4, -0.2) is 50.8 Å². The number of pyridine rings is 1. The molecule has 0 unspecified atom stereocenters. The van der Waals surface area contributed by atoms with Crippen LogP contribution in [0.2, 0.25) is 0 Å². The van der Waals surface area contributed by atoms with E-state index in [1.54, 1.807) is 7.05 Å². The molecular formula is C21H35N5O. The Hall–Kier alpha value is -1.82. The Morgan fingerprint density at radius 3 is 2.67 bits per heavy atom. The molecule has 150 valence electrons. The van der Waals surface area contributed by atoms with Crippen LogP contribution in [0.1, 0.15) is 50.5 Å². The molecular weight excluding hydrogens is 338 g/mol. The van der Waals surface area contributed by atoms with Crippen LogP contribution in [0, 0.1) is 5.92 Å². The third-order valence-corrected chi connectivity index (χ3v) is 5.23. The summed E-state index contributed by atoms with van der Waals surface area (Å²) < 4.78 is 5.66. The molecule has 2 N–H and O–H groups in total. The second-order valence-corrected chi connectivity index (χ2v) is 7.65. The summed E-state index contributed by atoms with van der Waals surface area (Å²) in [5, 5.41) is 6.70. The summed E-state index contributed by atoms with van der Waals surface area (Å²) >= 11 is 0. The average Bonchev–Trinajstić information content (AvgIpc) is 3.54. The van der Waals surface area contributed by atoms with Crippen molar-refractivity contribution in [1.29, 1.82) is 0 Å². The fourth-order valence-electron chi connectivity index (χ4n) is 3.33. The molecule has 3 rings (SSSR count). The molecule has 0 bridgehead atoms. The van der Waals surface area contributed by atoms with E-state index in [2.05, 4.69) is 37.6 Å². The maximum atomic E-state index is 5.66. The average molecular weight is 374 g/mol. The summed E-state index contributed by atoms with van der Waals surface area (Å²) in [6, 6.07) is 4.31. The summed E-state index contributed by atoms with van der Waals surface area (Å²) in [6.45, 7) is 5.62. The Morgan fingerprint density at radius 1 is 1.19 bits per heavy atom. The van der Waals surface area contributed by atoms with E-state index < -0.39 is 0 Å². The molecule has 1 aliphatic heterocycles. The molecule has 2 heterocycles. The number of nitrogens with one attached hydrogen (secondary N) is 2. The molecule has 0 radical (unpaired) electrons. The highest BCUT2D eigenvalue weighted by atomic mass is 16.5. The molecule has 0 atom stereocenters. The van der Waals surface area contributed by atoms with Gasteiger partial charge < -0.3 is 20.3 Å². The zero-order valence-corrected chi connectivity index (χ0v) is 16.8. The lowest BCUT2D eigenvalue weighted by atomic mass is 10.2. The first-order chi connectivity index (χ1) is 13.3. The van der Waals surface area contributed by atoms with Crippen molar-refractivity contribution in [3.63, 3.8) is 0 Å². The summed E-state index contributed by atoms with van der Waals surface area (Å²) in [5.41, 5.74) is 1.17. The molecule has 6 nitrogen and oxygen atoms in total. The number of aromatic nitrogens is 1. The molecule has 6 heteroatoms. The second-order valence-electron chi connectivity index (χ2n) is 7.65. The van der Waals surface area contributed by atoms with Gasteiger partial charge in [0.05, 0.1) is 0 Å². The number of guanidine groups is 1. The fourth-order valence-corrected chi connectivity index (χ4v) is 3.33. The Balaban J connectivity index is 1.33. The third kappa shape index (κ3) is 7.37. The van der Waals surface area contributed by atoms with Gasteiger partial charge in [0.15, 0.2) is 5.96 Å². The van der Waals surface area contributed by atoms with Crippen molar-refractivity contribution in [1.82, 2.24) is 15.6 Å². The molecule has 1 saturated carbocycles. The highest BCUT2D eigenvalue weighted by Crippen LogP contribution is 2.28. The van der Waals surface area contributed by atoms with Gasteiger partial charge in [-0.1, -0.05) is 18.9 Å². The third-order valence-electron chi connectivity index (χ3n) is 5.23. The predicted octanol–water partition coefficient (Wildman–Crippen LogP) is 2.94. The van der Waals surface area contributed by atoms with Gasteiger partial charge in [-0.15, -0.1) is 0 Å². The number of rotatable bonds is 9. The van der Waals surface area contributed by atoms with Crippen LogP contribution < -0.4 is 15.5 Å². The van der Waals surface area contributed by atoms with Crippen molar-refractivity contribution in [2.45, 2.75) is 51.5 Å². The lowest BCUT2D eigenvalue weighted by Gasteiger charge is -2.21. The van der Waals surface area contributed by atoms with Crippen molar-refractivity contribution < 1.29 is 4.74 Å². The lowest BCUT2D eigenvalue weighted by Crippen LogP contribution is -2.37. The van der Waals surface area contributed by atoms with Crippen LogP contribution in [0.4, 0.5) is 5.82 Å². The monoisotopic (exact) mass is 373 g/mol. The summed E-state index contributed by atoms with van der Waals surface area (Å²) in [5.74, 6) is 2.77. The van der Waals surface area contributed by atoms with Crippen LogP contribution >= 0.6 is 0 Å². The van der Waals surface area contributed by atoms with Crippen molar-refractivity contribution >= 4 is 11.8 Å². The Labute approximate surface area is 163 Å². The molecule has 2 fully saturated rings. The zero-order valence-electron chi connectivity index (χ0n) is 16.8. The normalized spacial score (nSPS) is 18.3. The molecule has 2 aliphatic rings. The Bertz CT molecular complexity index is 562. The largest absolute Gasteiger partial charge is 0.381 e. The van der Waals surface area contributed by atoms with E-state index in [-0.39, 0.29) is 0 Å². The standard InChI is InChI=1S/C21H35N5O/c1-22-21(23-11-6-14-27-17-18-7-8-18)25-16-19-9-10-20(24-15-19)26-12-4-2-3-5-13-26/h9-10,15,18H,2-8,11-14,16-17H2,1H3,(H2,22,23,25). The molecule has 0 aromatic carbocycles. The SMILES string of the molecule is CN=C(NCCCOCC1CC1)NCc1ccc(N2CCCCCC2)nc1. The summed E-state index contributed by atoms with van der Waals surface area (Å²) in [7, 11) is 1.81. The minimum absolute atomic E-state index is 0.727. The van der Waals surface area contributed by atoms with E-state index in [4.69, 9.17) is 4.74 Å². The second kappa shape index (κ2) is 11.1. The minimum Gasteiger partial charge on any atom is -0.381 e. The summed E-state index contributed by atoms with van der Waals surface area (Å²) in [4.78, 5) is 11.4. The Morgan fingerprint density at radius 2 is 2.00 bits per heavy atom. The number of hydrogen-bond acceptors (Lipinski definition) is 4. The molecule has 0 amide bonds. The van der Waals surface area contributed by atoms with Gasteiger partial charge in [0.2, 0.25) is 0 Å². The van der Waals surface area contributed by atoms with Crippen LogP contribution in [0.3, 0.4) is 0 Å². The molecule has 1 saturated heterocycles. The smallest absolute Gasteiger partial charge is 0.191 e. The van der Waals surface area contributed by atoms with E-state index >= 15 is 0 Å². The number of anilines is 1. The van der Waals surface area contributed by atoms with Gasteiger partial charge in [-0.3, -0.25) is 4.99 Å². The zero-order chi connectivity index (χ0) is 18.7. The van der Waals surface area contributed by atoms with Crippen LogP contribution in [0.25, 0.3) is 0 Å². The number of nitrogens with zero attached hydrogens (tertiary/aromatic N) is 3. The molecule has 0 spiro atoms. The predicted molar refractivity (Wildman–Crippen MR) is 111 cm³/mol. The molecule has 1 aromatic rings. The van der Waals surface area contributed by atoms with Gasteiger partial charge >= 0.3 is 0 Å². The highest BCUT2D eigenvalue weighted by molar-refractivity contribution is 5.79. The van der Waals surface area contributed by atoms with Crippen molar-refractivity contribution in [2.75, 3.05) is 44.8 Å². The first-order valence-corrected chi connectivity index (χ1v) is 10.6. The van der Waals surface area contributed by atoms with Crippen molar-refractivity contribution in [2.24, 2.45) is 10.9 Å². The van der Waals surface area contributed by atoms with E-state index in [0.717, 1.165) is 63.5 Å². The maximum Gasteiger partial charge on any atom is 0.191 e. The van der Waals surface area contributed by atoms with E-state index in [1.165, 1.54) is 44.1 Å². The van der Waals surface area contributed by atoms with Crippen molar-refractivity contribution in [3.05, 3.63) is 23.9 Å². The highest BCUT2D eigenvalue weighted by Gasteiger charge is 2.20. The van der Waals surface area contributed by atoms with Crippen LogP contribution in [-0.2, 0) is 11.3 Å². The maximum absolute atomic E-state index is 5.66. The van der Waals surface area contributed by atoms with Gasteiger partial charge in [-0.2, -0.15) is 0 Å². The van der Waals surface area contributed by atoms with Crippen LogP contribution in [0.15, 0.2) is 23.3 Å². The number of hydrogen-bond donors (Lipinski definition) is 2. The number of ether oxygens (including phenoxy) is 1. The molecule has 1 aromatic heterocycles. The Kier molecular flexibility index (Phi) is 8.21. The van der Waals surface area contributed by atoms with Gasteiger partial charge in [0.1, 0.15) is 5.82 Å². The van der Waals surface area contributed by atoms with E-state index in [1.807, 2.05) is 6.20 Å². The topological polar surface area (TPSA) is 61.8 Å². The fraction of sp³-hybridized carbons (Fsp3) is 0.714. The van der Waals surface area contributed by atoms with Gasteiger partial charge in [-0.05, 0) is 49.7 Å². The lowest BCUT2D eigenvalue weighted by molar-refractivity contribution is 0.123.